The molecule has 88 valence electrons. The van der Waals surface area contributed by atoms with Gasteiger partial charge in [-0.3, -0.25) is 5.41 Å². The summed E-state index contributed by atoms with van der Waals surface area (Å²) in [6.45, 7) is 3.61. The van der Waals surface area contributed by atoms with Crippen LogP contribution in [-0.2, 0) is 4.74 Å². The van der Waals surface area contributed by atoms with Gasteiger partial charge in [0.1, 0.15) is 12.4 Å². The van der Waals surface area contributed by atoms with Crippen molar-refractivity contribution in [2.75, 3.05) is 19.8 Å². The Morgan fingerprint density at radius 1 is 1.31 bits per heavy atom. The van der Waals surface area contributed by atoms with Crippen molar-refractivity contribution >= 4 is 5.84 Å². The molecule has 0 unspecified atom stereocenters. The topological polar surface area (TPSA) is 94.1 Å². The molecular formula is C10H16N4O2. The fourth-order valence-corrected chi connectivity index (χ4v) is 1.06. The van der Waals surface area contributed by atoms with E-state index in [4.69, 9.17) is 20.6 Å². The predicted octanol–water partition coefficient (Wildman–Crippen LogP) is 0.566. The number of amidine groups is 1. The van der Waals surface area contributed by atoms with Crippen molar-refractivity contribution in [3.63, 3.8) is 0 Å². The average Bonchev–Trinajstić information content (AvgIpc) is 2.29. The Bertz CT molecular complexity index is 343. The first-order valence-electron chi connectivity index (χ1n) is 5.11. The third kappa shape index (κ3) is 3.82. The zero-order chi connectivity index (χ0) is 11.8. The maximum atomic E-state index is 7.29. The molecule has 6 nitrogen and oxygen atoms in total. The predicted molar refractivity (Wildman–Crippen MR) is 59.7 cm³/mol. The van der Waals surface area contributed by atoms with E-state index in [2.05, 4.69) is 9.97 Å². The van der Waals surface area contributed by atoms with Gasteiger partial charge < -0.3 is 15.2 Å². The van der Waals surface area contributed by atoms with Crippen molar-refractivity contribution in [3.05, 3.63) is 18.1 Å². The summed E-state index contributed by atoms with van der Waals surface area (Å²) in [5.41, 5.74) is 5.60. The van der Waals surface area contributed by atoms with Crippen LogP contribution < -0.4 is 10.5 Å². The minimum absolute atomic E-state index is 0.155. The Morgan fingerprint density at radius 2 is 2.06 bits per heavy atom. The maximum absolute atomic E-state index is 7.29. The van der Waals surface area contributed by atoms with Gasteiger partial charge in [0.2, 0.25) is 5.88 Å². The molecule has 1 aromatic rings. The van der Waals surface area contributed by atoms with Crippen LogP contribution in [0.15, 0.2) is 12.4 Å². The quantitative estimate of drug-likeness (QED) is 0.401. The van der Waals surface area contributed by atoms with E-state index < -0.39 is 0 Å². The highest BCUT2D eigenvalue weighted by molar-refractivity contribution is 5.94. The Hall–Kier alpha value is -1.69. The highest BCUT2D eigenvalue weighted by atomic mass is 16.5. The van der Waals surface area contributed by atoms with Crippen LogP contribution in [-0.4, -0.2) is 35.6 Å². The molecule has 0 aliphatic carbocycles. The summed E-state index contributed by atoms with van der Waals surface area (Å²) in [6.07, 6.45) is 3.94. The maximum Gasteiger partial charge on any atom is 0.243 e. The zero-order valence-electron chi connectivity index (χ0n) is 9.27. The summed E-state index contributed by atoms with van der Waals surface area (Å²) < 4.78 is 10.6. The molecule has 0 atom stereocenters. The van der Waals surface area contributed by atoms with Crippen LogP contribution in [0.25, 0.3) is 0 Å². The summed E-state index contributed by atoms with van der Waals surface area (Å²) in [5.74, 6) is 0.118. The van der Waals surface area contributed by atoms with Crippen molar-refractivity contribution in [3.8, 4) is 5.88 Å². The third-order valence-corrected chi connectivity index (χ3v) is 1.73. The van der Waals surface area contributed by atoms with E-state index in [1.54, 1.807) is 0 Å². The van der Waals surface area contributed by atoms with Crippen LogP contribution in [0.3, 0.4) is 0 Å². The van der Waals surface area contributed by atoms with Gasteiger partial charge >= 0.3 is 0 Å². The van der Waals surface area contributed by atoms with Gasteiger partial charge in [-0.15, -0.1) is 0 Å². The molecule has 0 aliphatic heterocycles. The molecule has 0 bridgehead atoms. The highest BCUT2D eigenvalue weighted by Gasteiger charge is 2.08. The van der Waals surface area contributed by atoms with Gasteiger partial charge in [0.25, 0.3) is 0 Å². The molecule has 0 radical (unpaired) electrons. The van der Waals surface area contributed by atoms with E-state index in [1.807, 2.05) is 6.92 Å². The molecule has 0 fully saturated rings. The van der Waals surface area contributed by atoms with E-state index in [0.29, 0.717) is 19.8 Å². The first-order chi connectivity index (χ1) is 7.75. The molecule has 0 saturated carbocycles. The van der Waals surface area contributed by atoms with Crippen LogP contribution in [0.2, 0.25) is 0 Å². The number of hydrogen-bond donors (Lipinski definition) is 2. The van der Waals surface area contributed by atoms with Crippen LogP contribution in [0.1, 0.15) is 19.0 Å². The van der Waals surface area contributed by atoms with Crippen LogP contribution >= 0.6 is 0 Å². The second-order valence-electron chi connectivity index (χ2n) is 3.08. The normalized spacial score (nSPS) is 10.1. The highest BCUT2D eigenvalue weighted by Crippen LogP contribution is 2.09. The van der Waals surface area contributed by atoms with E-state index in [9.17, 15) is 0 Å². The van der Waals surface area contributed by atoms with Gasteiger partial charge in [0, 0.05) is 19.0 Å². The summed E-state index contributed by atoms with van der Waals surface area (Å²) in [4.78, 5) is 7.87. The van der Waals surface area contributed by atoms with E-state index in [0.717, 1.165) is 6.42 Å². The molecule has 1 rings (SSSR count). The third-order valence-electron chi connectivity index (χ3n) is 1.73. The molecule has 0 aliphatic rings. The SMILES string of the molecule is CCCOCCOc1nccnc1C(=N)N. The number of rotatable bonds is 7. The average molecular weight is 224 g/mol. The standard InChI is InChI=1S/C10H16N4O2/c1-2-5-15-6-7-16-10-8(9(11)12)13-3-4-14-10/h3-4H,2,5-7H2,1H3,(H3,11,12). The van der Waals surface area contributed by atoms with E-state index >= 15 is 0 Å². The lowest BCUT2D eigenvalue weighted by atomic mass is 10.4. The molecule has 1 aromatic heterocycles. The molecule has 1 heterocycles. The first-order valence-corrected chi connectivity index (χ1v) is 5.11. The van der Waals surface area contributed by atoms with Crippen molar-refractivity contribution in [1.82, 2.24) is 9.97 Å². The van der Waals surface area contributed by atoms with Gasteiger partial charge in [0.15, 0.2) is 5.69 Å². The molecule has 0 saturated heterocycles. The lowest BCUT2D eigenvalue weighted by molar-refractivity contribution is 0.0988. The molecule has 16 heavy (non-hydrogen) atoms. The van der Waals surface area contributed by atoms with Gasteiger partial charge in [0.05, 0.1) is 6.61 Å². The smallest absolute Gasteiger partial charge is 0.243 e. The molecule has 0 amide bonds. The number of ether oxygens (including phenoxy) is 2. The van der Waals surface area contributed by atoms with Crippen molar-refractivity contribution in [2.24, 2.45) is 5.73 Å². The molecule has 6 heteroatoms. The second kappa shape index (κ2) is 6.73. The van der Waals surface area contributed by atoms with Crippen LogP contribution in [0.4, 0.5) is 0 Å². The number of aromatic nitrogens is 2. The summed E-state index contributed by atoms with van der Waals surface area (Å²) in [5, 5.41) is 7.29. The minimum Gasteiger partial charge on any atom is -0.474 e. The zero-order valence-corrected chi connectivity index (χ0v) is 9.27. The summed E-state index contributed by atoms with van der Waals surface area (Å²) >= 11 is 0. The van der Waals surface area contributed by atoms with Crippen LogP contribution in [0.5, 0.6) is 5.88 Å². The second-order valence-corrected chi connectivity index (χ2v) is 3.08. The largest absolute Gasteiger partial charge is 0.474 e. The van der Waals surface area contributed by atoms with Crippen molar-refractivity contribution in [2.45, 2.75) is 13.3 Å². The Labute approximate surface area is 94.3 Å². The Balaban J connectivity index is 2.44. The molecular weight excluding hydrogens is 208 g/mol. The Morgan fingerprint density at radius 3 is 2.75 bits per heavy atom. The minimum atomic E-state index is -0.155. The van der Waals surface area contributed by atoms with Gasteiger partial charge in [-0.25, -0.2) is 9.97 Å². The summed E-state index contributed by atoms with van der Waals surface area (Å²) in [6, 6.07) is 0. The molecule has 3 N–H and O–H groups in total. The Kier molecular flexibility index (Phi) is 5.21. The fourth-order valence-electron chi connectivity index (χ4n) is 1.06. The van der Waals surface area contributed by atoms with Gasteiger partial charge in [-0.1, -0.05) is 6.92 Å². The monoisotopic (exact) mass is 224 g/mol. The number of nitrogens with two attached hydrogens (primary N) is 1. The van der Waals surface area contributed by atoms with Crippen LogP contribution in [0, 0.1) is 5.41 Å². The lowest BCUT2D eigenvalue weighted by Crippen LogP contribution is -2.17. The first kappa shape index (κ1) is 12.4. The number of nitrogen functional groups attached to an aromatic ring is 1. The summed E-state index contributed by atoms with van der Waals surface area (Å²) in [7, 11) is 0. The van der Waals surface area contributed by atoms with Crippen molar-refractivity contribution in [1.29, 1.82) is 5.41 Å². The lowest BCUT2D eigenvalue weighted by Gasteiger charge is -2.08. The van der Waals surface area contributed by atoms with Gasteiger partial charge in [-0.2, -0.15) is 0 Å². The molecule has 0 aromatic carbocycles. The van der Waals surface area contributed by atoms with Gasteiger partial charge in [-0.05, 0) is 6.42 Å². The molecule has 0 spiro atoms. The number of nitrogens with one attached hydrogen (secondary N) is 1. The van der Waals surface area contributed by atoms with E-state index in [1.165, 1.54) is 12.4 Å². The van der Waals surface area contributed by atoms with E-state index in [-0.39, 0.29) is 17.4 Å². The fraction of sp³-hybridized carbons (Fsp3) is 0.500. The number of hydrogen-bond acceptors (Lipinski definition) is 5. The number of nitrogens with zero attached hydrogens (tertiary/aromatic N) is 2. The van der Waals surface area contributed by atoms with Crippen molar-refractivity contribution < 1.29 is 9.47 Å².